The van der Waals surface area contributed by atoms with Crippen LogP contribution in [-0.4, -0.2) is 19.1 Å². The van der Waals surface area contributed by atoms with Gasteiger partial charge in [0, 0.05) is 0 Å². The van der Waals surface area contributed by atoms with Crippen molar-refractivity contribution in [2.45, 2.75) is 13.7 Å². The second-order valence-electron chi connectivity index (χ2n) is 2.16. The van der Waals surface area contributed by atoms with Gasteiger partial charge in [-0.3, -0.25) is 9.59 Å². The van der Waals surface area contributed by atoms with Gasteiger partial charge in [0.1, 0.15) is 5.92 Å². The zero-order valence-electron chi connectivity index (χ0n) is 5.79. The van der Waals surface area contributed by atoms with Crippen LogP contribution in [0.4, 0.5) is 0 Å². The largest absolute Gasteiger partial charge is 0.595 e. The molecule has 0 N–H and O–H groups in total. The van der Waals surface area contributed by atoms with Crippen LogP contribution >= 0.6 is 0 Å². The van der Waals surface area contributed by atoms with E-state index in [9.17, 15) is 9.59 Å². The summed E-state index contributed by atoms with van der Waals surface area (Å²) in [6, 6.07) is 0. The molecule has 4 nitrogen and oxygen atoms in total. The first-order chi connectivity index (χ1) is 4.61. The molecule has 5 heteroatoms. The number of carbonyl (C=O) groups is 2. The Balaban J connectivity index is 2.66. The third-order valence-electron chi connectivity index (χ3n) is 1.27. The first-order valence-corrected chi connectivity index (χ1v) is 3.02. The Morgan fingerprint density at radius 3 is 2.10 bits per heavy atom. The van der Waals surface area contributed by atoms with Crippen molar-refractivity contribution in [1.82, 2.24) is 0 Å². The zero-order chi connectivity index (χ0) is 7.72. The fourth-order valence-corrected chi connectivity index (χ4v) is 0.652. The Morgan fingerprint density at radius 2 is 1.70 bits per heavy atom. The minimum absolute atomic E-state index is 0.510. The summed E-state index contributed by atoms with van der Waals surface area (Å²) < 4.78 is 9.17. The maximum atomic E-state index is 10.7. The highest BCUT2D eigenvalue weighted by Gasteiger charge is 2.36. The van der Waals surface area contributed by atoms with Gasteiger partial charge in [-0.15, -0.1) is 0 Å². The molecule has 0 bridgehead atoms. The van der Waals surface area contributed by atoms with E-state index in [1.165, 1.54) is 13.7 Å². The van der Waals surface area contributed by atoms with Gasteiger partial charge in [0.2, 0.25) is 0 Å². The van der Waals surface area contributed by atoms with E-state index >= 15 is 0 Å². The second-order valence-corrected chi connectivity index (χ2v) is 2.16. The standard InChI is InChI=1S/C5H7BO4/c1-3-4(7)9-6(2)10-5(3)8/h3H,1-2H3. The molecule has 0 spiro atoms. The van der Waals surface area contributed by atoms with Crippen molar-refractivity contribution < 1.29 is 18.9 Å². The number of rotatable bonds is 0. The highest BCUT2D eigenvalue weighted by Crippen LogP contribution is 2.10. The third-order valence-corrected chi connectivity index (χ3v) is 1.27. The lowest BCUT2D eigenvalue weighted by Crippen LogP contribution is -2.40. The fraction of sp³-hybridized carbons (Fsp3) is 0.600. The molecule has 0 amide bonds. The van der Waals surface area contributed by atoms with E-state index in [1.807, 2.05) is 0 Å². The summed E-state index contributed by atoms with van der Waals surface area (Å²) in [5.41, 5.74) is 0. The van der Waals surface area contributed by atoms with Crippen LogP contribution in [0.25, 0.3) is 0 Å². The molecule has 0 atom stereocenters. The molecule has 1 aliphatic rings. The molecular formula is C5H7BO4. The Labute approximate surface area is 58.6 Å². The molecule has 1 heterocycles. The predicted molar refractivity (Wildman–Crippen MR) is 33.0 cm³/mol. The molecule has 0 aromatic heterocycles. The van der Waals surface area contributed by atoms with Crippen molar-refractivity contribution in [3.63, 3.8) is 0 Å². The van der Waals surface area contributed by atoms with Gasteiger partial charge >= 0.3 is 19.1 Å². The van der Waals surface area contributed by atoms with Crippen molar-refractivity contribution >= 4 is 19.1 Å². The van der Waals surface area contributed by atoms with Gasteiger partial charge in [-0.2, -0.15) is 0 Å². The van der Waals surface area contributed by atoms with E-state index in [4.69, 9.17) is 0 Å². The second kappa shape index (κ2) is 2.32. The van der Waals surface area contributed by atoms with Crippen LogP contribution in [0.2, 0.25) is 6.82 Å². The smallest absolute Gasteiger partial charge is 0.499 e. The van der Waals surface area contributed by atoms with Gasteiger partial charge in [0.15, 0.2) is 0 Å². The van der Waals surface area contributed by atoms with Crippen LogP contribution in [0.5, 0.6) is 0 Å². The molecule has 1 aliphatic heterocycles. The predicted octanol–water partition coefficient (Wildman–Crippen LogP) is -0.159. The molecule has 1 rings (SSSR count). The third kappa shape index (κ3) is 1.12. The number of carbonyl (C=O) groups excluding carboxylic acids is 2. The summed E-state index contributed by atoms with van der Waals surface area (Å²) in [5, 5.41) is 0. The summed E-state index contributed by atoms with van der Waals surface area (Å²) in [7, 11) is -0.726. The van der Waals surface area contributed by atoms with E-state index in [0.29, 0.717) is 0 Å². The van der Waals surface area contributed by atoms with Gasteiger partial charge in [-0.05, 0) is 13.7 Å². The zero-order valence-corrected chi connectivity index (χ0v) is 5.79. The highest BCUT2D eigenvalue weighted by atomic mass is 16.7. The molecule has 0 saturated carbocycles. The van der Waals surface area contributed by atoms with Crippen LogP contribution < -0.4 is 0 Å². The first-order valence-electron chi connectivity index (χ1n) is 3.02. The van der Waals surface area contributed by atoms with Gasteiger partial charge in [-0.1, -0.05) is 0 Å². The SMILES string of the molecule is CB1OC(=O)C(C)C(=O)O1. The van der Waals surface area contributed by atoms with Crippen molar-refractivity contribution in [2.24, 2.45) is 5.92 Å². The van der Waals surface area contributed by atoms with Crippen LogP contribution in [0, 0.1) is 5.92 Å². The van der Waals surface area contributed by atoms with Crippen molar-refractivity contribution in [3.8, 4) is 0 Å². The molecule has 1 fully saturated rings. The van der Waals surface area contributed by atoms with Crippen LogP contribution in [0.1, 0.15) is 6.92 Å². The summed E-state index contributed by atoms with van der Waals surface area (Å²) in [6.07, 6.45) is 0. The molecular weight excluding hydrogens is 135 g/mol. The molecule has 0 unspecified atom stereocenters. The van der Waals surface area contributed by atoms with Crippen LogP contribution in [0.3, 0.4) is 0 Å². The maximum Gasteiger partial charge on any atom is 0.595 e. The Kier molecular flexibility index (Phi) is 1.65. The minimum Gasteiger partial charge on any atom is -0.499 e. The highest BCUT2D eigenvalue weighted by molar-refractivity contribution is 6.49. The molecule has 54 valence electrons. The lowest BCUT2D eigenvalue weighted by molar-refractivity contribution is -0.158. The minimum atomic E-state index is -0.767. The van der Waals surface area contributed by atoms with Crippen molar-refractivity contribution in [2.75, 3.05) is 0 Å². The molecule has 0 aliphatic carbocycles. The summed E-state index contributed by atoms with van der Waals surface area (Å²) >= 11 is 0. The molecule has 0 aromatic carbocycles. The average Bonchev–Trinajstić information content (AvgIpc) is 1.82. The van der Waals surface area contributed by atoms with Crippen LogP contribution in [-0.2, 0) is 18.9 Å². The monoisotopic (exact) mass is 142 g/mol. The van der Waals surface area contributed by atoms with E-state index in [-0.39, 0.29) is 0 Å². The topological polar surface area (TPSA) is 52.6 Å². The number of hydrogen-bond donors (Lipinski definition) is 0. The van der Waals surface area contributed by atoms with Gasteiger partial charge < -0.3 is 9.31 Å². The fourth-order valence-electron chi connectivity index (χ4n) is 0.652. The van der Waals surface area contributed by atoms with Crippen molar-refractivity contribution in [1.29, 1.82) is 0 Å². The number of hydrogen-bond acceptors (Lipinski definition) is 4. The lowest BCUT2D eigenvalue weighted by atomic mass is 9.92. The maximum absolute atomic E-state index is 10.7. The summed E-state index contributed by atoms with van der Waals surface area (Å²) in [4.78, 5) is 21.4. The van der Waals surface area contributed by atoms with E-state index in [2.05, 4.69) is 9.31 Å². The van der Waals surface area contributed by atoms with E-state index in [0.717, 1.165) is 0 Å². The van der Waals surface area contributed by atoms with Crippen molar-refractivity contribution in [3.05, 3.63) is 0 Å². The molecule has 1 saturated heterocycles. The van der Waals surface area contributed by atoms with Gasteiger partial charge in [0.25, 0.3) is 0 Å². The normalized spacial score (nSPS) is 20.4. The Morgan fingerprint density at radius 1 is 1.30 bits per heavy atom. The quantitative estimate of drug-likeness (QED) is 0.348. The Bertz CT molecular complexity index is 160. The Hall–Kier alpha value is -0.995. The first kappa shape index (κ1) is 7.12. The average molecular weight is 142 g/mol. The van der Waals surface area contributed by atoms with E-state index < -0.39 is 25.0 Å². The van der Waals surface area contributed by atoms with Crippen LogP contribution in [0.15, 0.2) is 0 Å². The van der Waals surface area contributed by atoms with E-state index in [1.54, 1.807) is 0 Å². The molecule has 10 heavy (non-hydrogen) atoms. The van der Waals surface area contributed by atoms with Gasteiger partial charge in [-0.25, -0.2) is 0 Å². The molecule has 0 radical (unpaired) electrons. The summed E-state index contributed by atoms with van der Waals surface area (Å²) in [5.74, 6) is -1.79. The molecule has 0 aromatic rings. The summed E-state index contributed by atoms with van der Waals surface area (Å²) in [6.45, 7) is 2.96. The lowest BCUT2D eigenvalue weighted by Gasteiger charge is -2.20. The van der Waals surface area contributed by atoms with Gasteiger partial charge in [0.05, 0.1) is 0 Å².